The van der Waals surface area contributed by atoms with Gasteiger partial charge in [-0.05, 0) is 36.6 Å². The molecule has 1 aromatic heterocycles. The summed E-state index contributed by atoms with van der Waals surface area (Å²) < 4.78 is 11.1. The van der Waals surface area contributed by atoms with E-state index in [0.29, 0.717) is 18.3 Å². The fourth-order valence-corrected chi connectivity index (χ4v) is 2.34. The second-order valence-corrected chi connectivity index (χ2v) is 6.14. The Morgan fingerprint density at radius 3 is 2.82 bits per heavy atom. The first kappa shape index (κ1) is 16.3. The van der Waals surface area contributed by atoms with E-state index in [2.05, 4.69) is 29.4 Å². The van der Waals surface area contributed by atoms with Crippen LogP contribution in [0.2, 0.25) is 0 Å². The van der Waals surface area contributed by atoms with Crippen molar-refractivity contribution in [3.63, 3.8) is 0 Å². The first-order valence-corrected chi connectivity index (χ1v) is 7.98. The number of hydrogen-bond donors (Lipinski definition) is 1. The summed E-state index contributed by atoms with van der Waals surface area (Å²) in [6, 6.07) is 5.74. The minimum absolute atomic E-state index is 0.469. The number of ether oxygens (including phenoxy) is 2. The highest BCUT2D eigenvalue weighted by Crippen LogP contribution is 2.28. The van der Waals surface area contributed by atoms with Crippen molar-refractivity contribution in [2.75, 3.05) is 19.1 Å². The van der Waals surface area contributed by atoms with Crippen LogP contribution in [0.25, 0.3) is 0 Å². The molecule has 0 atom stereocenters. The van der Waals surface area contributed by atoms with Crippen LogP contribution in [0.5, 0.6) is 11.5 Å². The number of anilines is 1. The molecule has 0 aliphatic rings. The molecule has 0 amide bonds. The number of hydrazone groups is 1. The van der Waals surface area contributed by atoms with Crippen LogP contribution < -0.4 is 14.9 Å². The first-order valence-electron chi connectivity index (χ1n) is 7.10. The van der Waals surface area contributed by atoms with Gasteiger partial charge in [-0.2, -0.15) is 5.10 Å². The normalized spacial score (nSPS) is 11.1. The molecule has 1 heterocycles. The molecule has 0 aliphatic carbocycles. The summed E-state index contributed by atoms with van der Waals surface area (Å²) in [6.07, 6.45) is 1.73. The van der Waals surface area contributed by atoms with Crippen LogP contribution in [0.4, 0.5) is 5.13 Å². The lowest BCUT2D eigenvalue weighted by Crippen LogP contribution is -2.05. The zero-order valence-electron chi connectivity index (χ0n) is 13.3. The highest BCUT2D eigenvalue weighted by atomic mass is 32.1. The monoisotopic (exact) mass is 319 g/mol. The van der Waals surface area contributed by atoms with E-state index in [4.69, 9.17) is 9.47 Å². The van der Waals surface area contributed by atoms with E-state index < -0.39 is 0 Å². The number of nitrogens with zero attached hydrogens (tertiary/aromatic N) is 2. The zero-order valence-corrected chi connectivity index (χ0v) is 14.1. The summed E-state index contributed by atoms with van der Waals surface area (Å²) in [6.45, 7) is 6.83. The molecule has 5 nitrogen and oxygen atoms in total. The van der Waals surface area contributed by atoms with E-state index in [1.807, 2.05) is 30.5 Å². The number of aryl methyl sites for hydroxylation is 1. The van der Waals surface area contributed by atoms with Crippen LogP contribution in [0.15, 0.2) is 28.7 Å². The maximum absolute atomic E-state index is 5.73. The summed E-state index contributed by atoms with van der Waals surface area (Å²) >= 11 is 1.52. The largest absolute Gasteiger partial charge is 0.493 e. The molecule has 0 unspecified atom stereocenters. The summed E-state index contributed by atoms with van der Waals surface area (Å²) in [5.74, 6) is 1.92. The van der Waals surface area contributed by atoms with Gasteiger partial charge in [0.1, 0.15) is 0 Å². The van der Waals surface area contributed by atoms with Gasteiger partial charge in [0.25, 0.3) is 0 Å². The van der Waals surface area contributed by atoms with Crippen molar-refractivity contribution < 1.29 is 9.47 Å². The van der Waals surface area contributed by atoms with Crippen LogP contribution in [0.3, 0.4) is 0 Å². The molecule has 0 saturated heterocycles. The molecule has 0 spiro atoms. The molecule has 0 bridgehead atoms. The lowest BCUT2D eigenvalue weighted by atomic mass is 10.2. The molecule has 0 saturated carbocycles. The molecule has 1 N–H and O–H groups in total. The Hall–Kier alpha value is -2.08. The van der Waals surface area contributed by atoms with Gasteiger partial charge in [-0.25, -0.2) is 4.98 Å². The standard InChI is InChI=1S/C16H21N3O2S/c1-11(2)9-21-14-6-5-13(7-15(14)20-4)8-17-19-16-18-12(3)10-22-16/h5-8,10-11H,9H2,1-4H3,(H,18,19)/b17-8+. The van der Waals surface area contributed by atoms with Crippen molar-refractivity contribution in [3.05, 3.63) is 34.8 Å². The van der Waals surface area contributed by atoms with Gasteiger partial charge in [-0.15, -0.1) is 11.3 Å². The van der Waals surface area contributed by atoms with Gasteiger partial charge in [-0.1, -0.05) is 13.8 Å². The van der Waals surface area contributed by atoms with Gasteiger partial charge in [0.2, 0.25) is 5.13 Å². The summed E-state index contributed by atoms with van der Waals surface area (Å²) in [4.78, 5) is 4.28. The minimum Gasteiger partial charge on any atom is -0.493 e. The minimum atomic E-state index is 0.469. The highest BCUT2D eigenvalue weighted by Gasteiger charge is 2.06. The van der Waals surface area contributed by atoms with Gasteiger partial charge < -0.3 is 9.47 Å². The van der Waals surface area contributed by atoms with Crippen molar-refractivity contribution in [2.24, 2.45) is 11.0 Å². The Balaban J connectivity index is 2.02. The Kier molecular flexibility index (Phi) is 5.77. The Morgan fingerprint density at radius 1 is 1.36 bits per heavy atom. The van der Waals surface area contributed by atoms with Crippen LogP contribution in [-0.4, -0.2) is 24.9 Å². The number of benzene rings is 1. The van der Waals surface area contributed by atoms with E-state index in [1.165, 1.54) is 11.3 Å². The Labute approximate surface area is 135 Å². The third-order valence-corrected chi connectivity index (χ3v) is 3.62. The molecular weight excluding hydrogens is 298 g/mol. The van der Waals surface area contributed by atoms with E-state index in [-0.39, 0.29) is 0 Å². The van der Waals surface area contributed by atoms with Gasteiger partial charge in [0.15, 0.2) is 11.5 Å². The lowest BCUT2D eigenvalue weighted by Gasteiger charge is -2.12. The third kappa shape index (κ3) is 4.73. The molecule has 0 aliphatic heterocycles. The van der Waals surface area contributed by atoms with Gasteiger partial charge in [-0.3, -0.25) is 5.43 Å². The van der Waals surface area contributed by atoms with Crippen molar-refractivity contribution >= 4 is 22.7 Å². The topological polar surface area (TPSA) is 55.7 Å². The van der Waals surface area contributed by atoms with Crippen LogP contribution in [0, 0.1) is 12.8 Å². The highest BCUT2D eigenvalue weighted by molar-refractivity contribution is 7.13. The summed E-state index contributed by atoms with van der Waals surface area (Å²) in [5, 5.41) is 6.93. The third-order valence-electron chi connectivity index (χ3n) is 2.75. The van der Waals surface area contributed by atoms with Gasteiger partial charge >= 0.3 is 0 Å². The van der Waals surface area contributed by atoms with Crippen LogP contribution >= 0.6 is 11.3 Å². The van der Waals surface area contributed by atoms with E-state index in [0.717, 1.165) is 22.1 Å². The summed E-state index contributed by atoms with van der Waals surface area (Å²) in [5.41, 5.74) is 4.82. The first-order chi connectivity index (χ1) is 10.6. The smallest absolute Gasteiger partial charge is 0.203 e. The number of thiazole rings is 1. The van der Waals surface area contributed by atoms with Gasteiger partial charge in [0.05, 0.1) is 25.6 Å². The maximum atomic E-state index is 5.73. The number of aromatic nitrogens is 1. The van der Waals surface area contributed by atoms with Gasteiger partial charge in [0, 0.05) is 5.38 Å². The molecule has 1 aromatic carbocycles. The predicted molar refractivity (Wildman–Crippen MR) is 91.4 cm³/mol. The molecule has 2 aromatic rings. The number of rotatable bonds is 7. The van der Waals surface area contributed by atoms with Crippen molar-refractivity contribution in [1.29, 1.82) is 0 Å². The second-order valence-electron chi connectivity index (χ2n) is 5.28. The van der Waals surface area contributed by atoms with E-state index >= 15 is 0 Å². The molecule has 0 fully saturated rings. The second kappa shape index (κ2) is 7.79. The maximum Gasteiger partial charge on any atom is 0.203 e. The molecular formula is C16H21N3O2S. The summed E-state index contributed by atoms with van der Waals surface area (Å²) in [7, 11) is 1.63. The number of nitrogens with one attached hydrogen (secondary N) is 1. The average Bonchev–Trinajstić information content (AvgIpc) is 2.91. The fraction of sp³-hybridized carbons (Fsp3) is 0.375. The average molecular weight is 319 g/mol. The Bertz CT molecular complexity index is 638. The quantitative estimate of drug-likeness (QED) is 0.620. The van der Waals surface area contributed by atoms with E-state index in [9.17, 15) is 0 Å². The molecule has 0 radical (unpaired) electrons. The number of methoxy groups -OCH3 is 1. The Morgan fingerprint density at radius 2 is 2.18 bits per heavy atom. The SMILES string of the molecule is COc1cc(/C=N/Nc2nc(C)cs2)ccc1OCC(C)C. The molecule has 22 heavy (non-hydrogen) atoms. The predicted octanol–water partition coefficient (Wildman–Crippen LogP) is 3.94. The van der Waals surface area contributed by atoms with Crippen molar-refractivity contribution in [1.82, 2.24) is 4.98 Å². The molecule has 118 valence electrons. The lowest BCUT2D eigenvalue weighted by molar-refractivity contribution is 0.257. The van der Waals surface area contributed by atoms with Crippen molar-refractivity contribution in [2.45, 2.75) is 20.8 Å². The zero-order chi connectivity index (χ0) is 15.9. The molecule has 6 heteroatoms. The van der Waals surface area contributed by atoms with E-state index in [1.54, 1.807) is 13.3 Å². The number of hydrogen-bond acceptors (Lipinski definition) is 6. The van der Waals surface area contributed by atoms with Crippen molar-refractivity contribution in [3.8, 4) is 11.5 Å². The van der Waals surface area contributed by atoms with Crippen LogP contribution in [0.1, 0.15) is 25.1 Å². The molecule has 2 rings (SSSR count). The van der Waals surface area contributed by atoms with Crippen LogP contribution in [-0.2, 0) is 0 Å². The fourth-order valence-electron chi connectivity index (χ4n) is 1.71.